The molecule has 2 atom stereocenters. The summed E-state index contributed by atoms with van der Waals surface area (Å²) >= 11 is 0. The lowest BCUT2D eigenvalue weighted by molar-refractivity contribution is -0.0593. The van der Waals surface area contributed by atoms with Gasteiger partial charge in [0.05, 0.1) is 56.8 Å². The number of aryl methyl sites for hydroxylation is 1. The van der Waals surface area contributed by atoms with Gasteiger partial charge in [-0.15, -0.1) is 0 Å². The van der Waals surface area contributed by atoms with E-state index in [1.54, 1.807) is 40.8 Å². The van der Waals surface area contributed by atoms with E-state index in [0.717, 1.165) is 48.0 Å². The third-order valence-electron chi connectivity index (χ3n) is 14.8. The smallest absolute Gasteiger partial charge is 0.376 e. The Morgan fingerprint density at radius 1 is 0.923 bits per heavy atom. The van der Waals surface area contributed by atoms with Crippen molar-refractivity contribution in [3.8, 4) is 17.2 Å². The molecule has 2 aliphatic carbocycles. The number of benzene rings is 2. The van der Waals surface area contributed by atoms with E-state index in [1.807, 2.05) is 11.0 Å². The molecule has 2 saturated carbocycles. The zero-order valence-electron chi connectivity index (χ0n) is 36.0. The van der Waals surface area contributed by atoms with Gasteiger partial charge < -0.3 is 14.0 Å². The van der Waals surface area contributed by atoms with E-state index in [2.05, 4.69) is 51.8 Å². The zero-order chi connectivity index (χ0) is 44.3. The SMILES string of the molecule is Cn1ncc2c(F)c(-n3ccn(-c4c5c(nn4-c4ccc(F)c(C6CC6)c4)CCN4C(=O)c6c(c7cc([C@@H]8CCOC(C)(C)C8)ccn7c6C6(c7noc(=O)[nH]7)CC6)C[C@@H]54)c3=O)ccc21. The summed E-state index contributed by atoms with van der Waals surface area (Å²) in [7, 11) is 1.73. The van der Waals surface area contributed by atoms with E-state index in [4.69, 9.17) is 14.4 Å². The van der Waals surface area contributed by atoms with Gasteiger partial charge in [0, 0.05) is 68.4 Å². The molecule has 17 heteroatoms. The summed E-state index contributed by atoms with van der Waals surface area (Å²) < 4.78 is 50.8. The molecule has 0 spiro atoms. The van der Waals surface area contributed by atoms with Crippen molar-refractivity contribution < 1.29 is 22.8 Å². The topological polar surface area (TPSA) is 155 Å². The molecule has 13 rings (SSSR count). The van der Waals surface area contributed by atoms with E-state index < -0.39 is 28.7 Å². The van der Waals surface area contributed by atoms with Crippen molar-refractivity contribution in [3.05, 3.63) is 145 Å². The Hall–Kier alpha value is -6.88. The van der Waals surface area contributed by atoms with Gasteiger partial charge in [-0.05, 0) is 123 Å². The Bertz CT molecular complexity index is 3460. The second-order valence-electron chi connectivity index (χ2n) is 19.2. The monoisotopic (exact) mass is 878 g/mol. The number of halogens is 2. The van der Waals surface area contributed by atoms with Gasteiger partial charge in [0.1, 0.15) is 11.6 Å². The van der Waals surface area contributed by atoms with E-state index in [9.17, 15) is 9.59 Å². The number of pyridine rings is 1. The van der Waals surface area contributed by atoms with Crippen LogP contribution in [0.2, 0.25) is 0 Å². The number of rotatable bonds is 7. The van der Waals surface area contributed by atoms with Gasteiger partial charge in [0.25, 0.3) is 5.91 Å². The average molecular weight is 879 g/mol. The highest BCUT2D eigenvalue weighted by molar-refractivity contribution is 6.02. The number of H-pyrrole nitrogens is 1. The summed E-state index contributed by atoms with van der Waals surface area (Å²) in [5, 5.41) is 13.9. The van der Waals surface area contributed by atoms with Gasteiger partial charge in [-0.25, -0.2) is 23.1 Å². The molecule has 1 saturated heterocycles. The molecule has 2 aromatic carbocycles. The van der Waals surface area contributed by atoms with Crippen molar-refractivity contribution in [2.75, 3.05) is 13.2 Å². The number of hydrogen-bond donors (Lipinski definition) is 1. The van der Waals surface area contributed by atoms with E-state index >= 15 is 13.6 Å². The van der Waals surface area contributed by atoms with Crippen LogP contribution in [0, 0.1) is 11.6 Å². The molecular formula is C48H44F2N10O5. The highest BCUT2D eigenvalue weighted by atomic mass is 19.1. The maximum atomic E-state index is 16.2. The molecule has 15 nitrogen and oxygen atoms in total. The Morgan fingerprint density at radius 2 is 1.75 bits per heavy atom. The molecule has 1 N–H and O–H groups in total. The summed E-state index contributed by atoms with van der Waals surface area (Å²) in [6, 6.07) is 12.0. The second kappa shape index (κ2) is 13.3. The number of fused-ring (bicyclic) bond motifs is 7. The molecule has 0 unspecified atom stereocenters. The molecule has 1 amide bonds. The molecule has 3 fully saturated rings. The van der Waals surface area contributed by atoms with Crippen LogP contribution in [0.3, 0.4) is 0 Å². The van der Waals surface area contributed by atoms with Gasteiger partial charge in [-0.2, -0.15) is 10.2 Å². The molecule has 330 valence electrons. The van der Waals surface area contributed by atoms with Gasteiger partial charge in [-0.3, -0.25) is 28.1 Å². The molecular weight excluding hydrogens is 835 g/mol. The van der Waals surface area contributed by atoms with Crippen LogP contribution in [-0.2, 0) is 30.0 Å². The maximum Gasteiger partial charge on any atom is 0.438 e. The van der Waals surface area contributed by atoms with Gasteiger partial charge >= 0.3 is 11.4 Å². The van der Waals surface area contributed by atoms with Crippen LogP contribution >= 0.6 is 0 Å². The van der Waals surface area contributed by atoms with Crippen molar-refractivity contribution in [1.82, 2.24) is 48.1 Å². The Morgan fingerprint density at radius 3 is 2.52 bits per heavy atom. The van der Waals surface area contributed by atoms with Gasteiger partial charge in [-0.1, -0.05) is 5.16 Å². The summed E-state index contributed by atoms with van der Waals surface area (Å²) in [5.41, 5.74) is 5.91. The Labute approximate surface area is 368 Å². The number of nitrogens with one attached hydrogen (secondary N) is 1. The number of aromatic amines is 1. The average Bonchev–Trinajstić information content (AvgIpc) is 4.06. The predicted octanol–water partition coefficient (Wildman–Crippen LogP) is 6.83. The zero-order valence-corrected chi connectivity index (χ0v) is 36.0. The molecule has 65 heavy (non-hydrogen) atoms. The largest absolute Gasteiger partial charge is 0.438 e. The predicted molar refractivity (Wildman–Crippen MR) is 232 cm³/mol. The summed E-state index contributed by atoms with van der Waals surface area (Å²) in [6.07, 6.45) is 12.2. The fourth-order valence-corrected chi connectivity index (χ4v) is 11.4. The number of imidazole rings is 1. The fourth-order valence-electron chi connectivity index (χ4n) is 11.4. The number of hydrogen-bond acceptors (Lipinski definition) is 8. The number of carbonyl (C=O) groups is 1. The number of amides is 1. The third kappa shape index (κ3) is 5.59. The van der Waals surface area contributed by atoms with Crippen molar-refractivity contribution in [2.24, 2.45) is 7.05 Å². The molecule has 0 radical (unpaired) electrons. The lowest BCUT2D eigenvalue weighted by Crippen LogP contribution is -2.45. The molecule has 8 aromatic rings. The first-order valence-electron chi connectivity index (χ1n) is 22.4. The highest BCUT2D eigenvalue weighted by Gasteiger charge is 2.56. The first-order valence-corrected chi connectivity index (χ1v) is 22.4. The fraction of sp³-hybridized carbons (Fsp3) is 0.375. The van der Waals surface area contributed by atoms with Crippen LogP contribution in [0.1, 0.15) is 120 Å². The number of aromatic nitrogens is 9. The van der Waals surface area contributed by atoms with Crippen LogP contribution in [0.4, 0.5) is 8.78 Å². The molecule has 0 bridgehead atoms. The van der Waals surface area contributed by atoms with Crippen LogP contribution < -0.4 is 11.4 Å². The van der Waals surface area contributed by atoms with E-state index in [1.165, 1.54) is 27.6 Å². The standard InChI is InChI=1S/C48H44F2N10O5/c1-47(2)23-27(12-19-64-47)26-10-15-56-36(20-26)30-22-37-39-33(11-16-57(37)43(61)38(30)41(56)48(13-14-48)44-52-45(62)65-54-44)53-60(28-6-7-32(49)29(21-28)25-4-5-25)42(39)59-18-17-58(46(59)63)35-9-8-34-31(40(35)50)24-51-55(34)3/h6-10,15,17-18,20-21,24-25,27,37H,4-5,11-14,16,19,22-23H2,1-3H3,(H,52,54,62)/t27-,37+/m1/s1. The van der Waals surface area contributed by atoms with Crippen molar-refractivity contribution in [3.63, 3.8) is 0 Å². The van der Waals surface area contributed by atoms with Crippen LogP contribution in [0.25, 0.3) is 33.6 Å². The van der Waals surface area contributed by atoms with Crippen molar-refractivity contribution in [2.45, 2.75) is 94.1 Å². The lowest BCUT2D eigenvalue weighted by Gasteiger charge is -2.39. The van der Waals surface area contributed by atoms with Gasteiger partial charge in [0.2, 0.25) is 0 Å². The normalized spacial score (nSPS) is 20.9. The minimum atomic E-state index is -0.740. The maximum absolute atomic E-state index is 16.2. The van der Waals surface area contributed by atoms with Crippen LogP contribution in [0.15, 0.2) is 81.4 Å². The number of nitrogens with zero attached hydrogens (tertiary/aromatic N) is 9. The van der Waals surface area contributed by atoms with Crippen LogP contribution in [0.5, 0.6) is 0 Å². The second-order valence-corrected chi connectivity index (χ2v) is 19.2. The third-order valence-corrected chi connectivity index (χ3v) is 14.8. The minimum absolute atomic E-state index is 0.0603. The van der Waals surface area contributed by atoms with E-state index in [-0.39, 0.29) is 40.2 Å². The lowest BCUT2D eigenvalue weighted by atomic mass is 9.83. The summed E-state index contributed by atoms with van der Waals surface area (Å²) in [4.78, 5) is 47.4. The van der Waals surface area contributed by atoms with E-state index in [0.29, 0.717) is 84.1 Å². The summed E-state index contributed by atoms with van der Waals surface area (Å²) in [5.74, 6) is -0.568. The van der Waals surface area contributed by atoms with Crippen molar-refractivity contribution in [1.29, 1.82) is 0 Å². The highest BCUT2D eigenvalue weighted by Crippen LogP contribution is 2.56. The Balaban J connectivity index is 1.02. The number of carbonyl (C=O) groups excluding carboxylic acids is 1. The molecule has 9 heterocycles. The van der Waals surface area contributed by atoms with Crippen LogP contribution in [-0.4, -0.2) is 72.8 Å². The van der Waals surface area contributed by atoms with Crippen molar-refractivity contribution >= 4 is 22.3 Å². The minimum Gasteiger partial charge on any atom is -0.376 e. The molecule has 3 aliphatic heterocycles. The quantitative estimate of drug-likeness (QED) is 0.183. The Kier molecular flexibility index (Phi) is 7.92. The number of ether oxygens (including phenoxy) is 1. The molecule has 5 aliphatic rings. The first kappa shape index (κ1) is 38.6. The summed E-state index contributed by atoms with van der Waals surface area (Å²) in [6.45, 7) is 5.23. The molecule has 6 aromatic heterocycles. The first-order chi connectivity index (χ1) is 31.4. The van der Waals surface area contributed by atoms with Gasteiger partial charge in [0.15, 0.2) is 11.6 Å².